The average molecular weight is 367 g/mol. The minimum Gasteiger partial charge on any atom is -0.346 e. The topological polar surface area (TPSA) is 90.1 Å². The fraction of sp³-hybridized carbons (Fsp3) is 0.286. The molecular weight excluding hydrogens is 352 g/mol. The Hall–Kier alpha value is -2.22. The lowest BCUT2D eigenvalue weighted by atomic mass is 10.1. The summed E-state index contributed by atoms with van der Waals surface area (Å²) in [4.78, 5) is 22.4. The molecule has 0 saturated heterocycles. The normalized spacial score (nSPS) is 10.5. The molecule has 1 heterocycles. The zero-order valence-corrected chi connectivity index (χ0v) is 13.8. The molecule has 1 amide bonds. The van der Waals surface area contributed by atoms with Gasteiger partial charge < -0.3 is 5.32 Å². The van der Waals surface area contributed by atoms with Crippen LogP contribution in [-0.2, 0) is 13.1 Å². The highest BCUT2D eigenvalue weighted by molar-refractivity contribution is 9.10. The van der Waals surface area contributed by atoms with Crippen LogP contribution in [-0.4, -0.2) is 20.6 Å². The molecule has 1 aromatic heterocycles. The molecule has 0 bridgehead atoms. The maximum atomic E-state index is 12.1. The highest BCUT2D eigenvalue weighted by atomic mass is 79.9. The van der Waals surface area contributed by atoms with Crippen molar-refractivity contribution >= 4 is 27.5 Å². The molecule has 1 N–H and O–H groups in total. The summed E-state index contributed by atoms with van der Waals surface area (Å²) >= 11 is 3.39. The van der Waals surface area contributed by atoms with Gasteiger partial charge in [-0.2, -0.15) is 5.10 Å². The molecule has 0 spiro atoms. The number of carbonyl (C=O) groups is 1. The molecule has 22 heavy (non-hydrogen) atoms. The molecule has 0 fully saturated rings. The number of nitrogens with zero attached hydrogens (tertiary/aromatic N) is 3. The first-order valence-corrected chi connectivity index (χ1v) is 7.46. The van der Waals surface area contributed by atoms with E-state index in [1.54, 1.807) is 11.6 Å². The van der Waals surface area contributed by atoms with Crippen molar-refractivity contribution in [3.05, 3.63) is 55.8 Å². The maximum absolute atomic E-state index is 12.1. The molecule has 0 unspecified atom stereocenters. The molecule has 0 aliphatic rings. The van der Waals surface area contributed by atoms with E-state index in [1.165, 1.54) is 18.2 Å². The van der Waals surface area contributed by atoms with Gasteiger partial charge in [-0.3, -0.25) is 19.6 Å². The number of amides is 1. The quantitative estimate of drug-likeness (QED) is 0.650. The van der Waals surface area contributed by atoms with Crippen LogP contribution >= 0.6 is 15.9 Å². The molecule has 2 rings (SSSR count). The summed E-state index contributed by atoms with van der Waals surface area (Å²) in [5, 5.41) is 17.8. The van der Waals surface area contributed by atoms with Crippen LogP contribution in [0.2, 0.25) is 0 Å². The van der Waals surface area contributed by atoms with E-state index < -0.39 is 4.92 Å². The summed E-state index contributed by atoms with van der Waals surface area (Å²) in [5.74, 6) is -0.295. The number of hydrogen-bond donors (Lipinski definition) is 1. The number of nitro benzene ring substituents is 1. The van der Waals surface area contributed by atoms with Crippen molar-refractivity contribution in [2.45, 2.75) is 26.9 Å². The molecule has 1 aromatic carbocycles. The van der Waals surface area contributed by atoms with Crippen LogP contribution in [0.4, 0.5) is 5.69 Å². The van der Waals surface area contributed by atoms with Gasteiger partial charge in [0.1, 0.15) is 0 Å². The third-order valence-corrected chi connectivity index (χ3v) is 3.85. The van der Waals surface area contributed by atoms with E-state index in [0.717, 1.165) is 16.7 Å². The molecule has 7 nitrogen and oxygen atoms in total. The van der Waals surface area contributed by atoms with Crippen molar-refractivity contribution in [3.8, 4) is 0 Å². The van der Waals surface area contributed by atoms with Gasteiger partial charge in [-0.15, -0.1) is 0 Å². The van der Waals surface area contributed by atoms with E-state index in [4.69, 9.17) is 0 Å². The summed E-state index contributed by atoms with van der Waals surface area (Å²) < 4.78 is 2.59. The Morgan fingerprint density at radius 2 is 2.23 bits per heavy atom. The largest absolute Gasteiger partial charge is 0.346 e. The van der Waals surface area contributed by atoms with Crippen molar-refractivity contribution in [2.75, 3.05) is 0 Å². The second-order valence-electron chi connectivity index (χ2n) is 4.72. The molecule has 0 atom stereocenters. The van der Waals surface area contributed by atoms with Crippen LogP contribution in [0.1, 0.15) is 28.5 Å². The Bertz CT molecular complexity index is 727. The number of nitrogens with one attached hydrogen (secondary N) is 1. The third-order valence-electron chi connectivity index (χ3n) is 3.18. The summed E-state index contributed by atoms with van der Waals surface area (Å²) in [6, 6.07) is 4.29. The Morgan fingerprint density at radius 3 is 2.77 bits per heavy atom. The van der Waals surface area contributed by atoms with E-state index >= 15 is 0 Å². The molecule has 0 aliphatic carbocycles. The molecule has 116 valence electrons. The van der Waals surface area contributed by atoms with Gasteiger partial charge >= 0.3 is 0 Å². The number of hydrogen-bond acceptors (Lipinski definition) is 4. The second-order valence-corrected chi connectivity index (χ2v) is 5.57. The molecular formula is C14H15BrN4O3. The second kappa shape index (κ2) is 6.69. The lowest BCUT2D eigenvalue weighted by Gasteiger charge is -2.05. The van der Waals surface area contributed by atoms with Gasteiger partial charge in [-0.05, 0) is 41.9 Å². The van der Waals surface area contributed by atoms with Gasteiger partial charge in [0, 0.05) is 29.9 Å². The highest BCUT2D eigenvalue weighted by Gasteiger charge is 2.14. The van der Waals surface area contributed by atoms with Crippen molar-refractivity contribution in [2.24, 2.45) is 0 Å². The zero-order chi connectivity index (χ0) is 16.3. The van der Waals surface area contributed by atoms with Crippen molar-refractivity contribution in [1.82, 2.24) is 15.1 Å². The van der Waals surface area contributed by atoms with Crippen LogP contribution in [0.25, 0.3) is 0 Å². The lowest BCUT2D eigenvalue weighted by Crippen LogP contribution is -2.23. The molecule has 0 radical (unpaired) electrons. The summed E-state index contributed by atoms with van der Waals surface area (Å²) in [6.07, 6.45) is 1.84. The van der Waals surface area contributed by atoms with Gasteiger partial charge in [0.2, 0.25) is 0 Å². The SMILES string of the molecule is CCn1cc(Br)c(CNC(=O)c2ccc([N+](=O)[O-])c(C)c2)n1. The highest BCUT2D eigenvalue weighted by Crippen LogP contribution is 2.19. The number of aryl methyl sites for hydroxylation is 2. The van der Waals surface area contributed by atoms with E-state index in [0.29, 0.717) is 11.1 Å². The first-order chi connectivity index (χ1) is 10.4. The van der Waals surface area contributed by atoms with E-state index in [1.807, 2.05) is 13.1 Å². The summed E-state index contributed by atoms with van der Waals surface area (Å²) in [7, 11) is 0. The monoisotopic (exact) mass is 366 g/mol. The first-order valence-electron chi connectivity index (χ1n) is 6.67. The Balaban J connectivity index is 2.07. The lowest BCUT2D eigenvalue weighted by molar-refractivity contribution is -0.385. The van der Waals surface area contributed by atoms with Gasteiger partial charge in [0.05, 0.1) is 21.6 Å². The number of carbonyl (C=O) groups excluding carboxylic acids is 1. The van der Waals surface area contributed by atoms with E-state index in [9.17, 15) is 14.9 Å². The summed E-state index contributed by atoms with van der Waals surface area (Å²) in [6.45, 7) is 4.60. The molecule has 0 aliphatic heterocycles. The first kappa shape index (κ1) is 16.2. The Kier molecular flexibility index (Phi) is 4.92. The van der Waals surface area contributed by atoms with Crippen LogP contribution in [0.3, 0.4) is 0 Å². The number of aromatic nitrogens is 2. The van der Waals surface area contributed by atoms with Gasteiger partial charge in [-0.1, -0.05) is 0 Å². The minimum atomic E-state index is -0.467. The standard InChI is InChI=1S/C14H15BrN4O3/c1-3-18-8-11(15)12(17-18)7-16-14(20)10-4-5-13(19(21)22)9(2)6-10/h4-6,8H,3,7H2,1-2H3,(H,16,20). The maximum Gasteiger partial charge on any atom is 0.272 e. The Labute approximate surface area is 135 Å². The number of halogens is 1. The van der Waals surface area contributed by atoms with Crippen LogP contribution < -0.4 is 5.32 Å². The van der Waals surface area contributed by atoms with Crippen LogP contribution in [0.15, 0.2) is 28.9 Å². The number of benzene rings is 1. The molecule has 0 saturated carbocycles. The minimum absolute atomic E-state index is 0.000910. The van der Waals surface area contributed by atoms with Gasteiger partial charge in [0.25, 0.3) is 11.6 Å². The fourth-order valence-electron chi connectivity index (χ4n) is 1.99. The smallest absolute Gasteiger partial charge is 0.272 e. The predicted octanol–water partition coefficient (Wildman–Crippen LogP) is 2.81. The number of nitro groups is 1. The van der Waals surface area contributed by atoms with Crippen LogP contribution in [0.5, 0.6) is 0 Å². The molecule has 8 heteroatoms. The van der Waals surface area contributed by atoms with Gasteiger partial charge in [0.15, 0.2) is 0 Å². The zero-order valence-electron chi connectivity index (χ0n) is 12.2. The number of rotatable bonds is 5. The van der Waals surface area contributed by atoms with Crippen molar-refractivity contribution in [1.29, 1.82) is 0 Å². The van der Waals surface area contributed by atoms with E-state index in [-0.39, 0.29) is 18.1 Å². The predicted molar refractivity (Wildman–Crippen MR) is 84.6 cm³/mol. The third kappa shape index (κ3) is 3.51. The van der Waals surface area contributed by atoms with Gasteiger partial charge in [-0.25, -0.2) is 0 Å². The molecule has 2 aromatic rings. The Morgan fingerprint density at radius 1 is 1.50 bits per heavy atom. The van der Waals surface area contributed by atoms with Crippen molar-refractivity contribution in [3.63, 3.8) is 0 Å². The fourth-order valence-corrected chi connectivity index (χ4v) is 2.44. The van der Waals surface area contributed by atoms with Crippen LogP contribution in [0, 0.1) is 17.0 Å². The average Bonchev–Trinajstić information content (AvgIpc) is 2.84. The van der Waals surface area contributed by atoms with Crippen molar-refractivity contribution < 1.29 is 9.72 Å². The van der Waals surface area contributed by atoms with E-state index in [2.05, 4.69) is 26.3 Å². The summed E-state index contributed by atoms with van der Waals surface area (Å²) in [5.41, 5.74) is 1.57.